The van der Waals surface area contributed by atoms with Crippen molar-refractivity contribution in [2.75, 3.05) is 18.7 Å². The van der Waals surface area contributed by atoms with Crippen LogP contribution in [0.15, 0.2) is 24.3 Å². The summed E-state index contributed by atoms with van der Waals surface area (Å²) in [6, 6.07) is 5.96. The van der Waals surface area contributed by atoms with Gasteiger partial charge in [0, 0.05) is 10.7 Å². The number of halogens is 1. The summed E-state index contributed by atoms with van der Waals surface area (Å²) in [6.45, 7) is 0.213. The van der Waals surface area contributed by atoms with E-state index in [1.807, 2.05) is 0 Å². The van der Waals surface area contributed by atoms with E-state index in [9.17, 15) is 9.59 Å². The molecule has 0 bridgehead atoms. The number of benzene rings is 1. The van der Waals surface area contributed by atoms with Crippen LogP contribution in [0.25, 0.3) is 0 Å². The van der Waals surface area contributed by atoms with Crippen molar-refractivity contribution in [2.45, 2.75) is 6.10 Å². The van der Waals surface area contributed by atoms with Gasteiger partial charge in [-0.05, 0) is 18.2 Å². The minimum absolute atomic E-state index is 0.0635. The van der Waals surface area contributed by atoms with Gasteiger partial charge in [0.2, 0.25) is 0 Å². The molecule has 0 saturated carbocycles. The molecule has 0 radical (unpaired) electrons. The van der Waals surface area contributed by atoms with Gasteiger partial charge in [0.05, 0.1) is 6.61 Å². The second-order valence-electron chi connectivity index (χ2n) is 3.60. The lowest BCUT2D eigenvalue weighted by Gasteiger charge is -2.09. The Morgan fingerprint density at radius 1 is 1.39 bits per heavy atom. The second kappa shape index (κ2) is 5.81. The van der Waals surface area contributed by atoms with E-state index in [1.54, 1.807) is 24.3 Å². The first-order valence-corrected chi connectivity index (χ1v) is 5.60. The van der Waals surface area contributed by atoms with Crippen molar-refractivity contribution in [3.63, 3.8) is 0 Å². The van der Waals surface area contributed by atoms with Gasteiger partial charge in [-0.25, -0.2) is 4.79 Å². The highest BCUT2D eigenvalue weighted by Gasteiger charge is 2.25. The molecule has 18 heavy (non-hydrogen) atoms. The zero-order chi connectivity index (χ0) is 13.0. The van der Waals surface area contributed by atoms with Crippen molar-refractivity contribution in [1.82, 2.24) is 5.32 Å². The summed E-state index contributed by atoms with van der Waals surface area (Å²) in [7, 11) is 0. The van der Waals surface area contributed by atoms with E-state index < -0.39 is 18.0 Å². The fourth-order valence-corrected chi connectivity index (χ4v) is 1.60. The Kier molecular flexibility index (Phi) is 4.14. The molecule has 1 aromatic carbocycles. The van der Waals surface area contributed by atoms with Crippen LogP contribution in [0, 0.1) is 0 Å². The standard InChI is InChI=1S/C11H11ClN2O4/c12-7-2-1-3-8(4-7)13-11(16)14-10(15)9-5-17-6-18-9/h1-4,9H,5-6H2,(H2,13,14,15,16). The molecular formula is C11H11ClN2O4. The van der Waals surface area contributed by atoms with Crippen LogP contribution in [-0.2, 0) is 14.3 Å². The molecule has 1 aliphatic heterocycles. The summed E-state index contributed by atoms with van der Waals surface area (Å²) in [5, 5.41) is 5.13. The molecule has 96 valence electrons. The molecule has 1 fully saturated rings. The predicted octanol–water partition coefficient (Wildman–Crippen LogP) is 1.36. The smallest absolute Gasteiger partial charge is 0.325 e. The summed E-state index contributed by atoms with van der Waals surface area (Å²) in [6.07, 6.45) is -0.741. The van der Waals surface area contributed by atoms with Crippen molar-refractivity contribution in [1.29, 1.82) is 0 Å². The van der Waals surface area contributed by atoms with E-state index in [2.05, 4.69) is 10.6 Å². The fraction of sp³-hybridized carbons (Fsp3) is 0.273. The Balaban J connectivity index is 1.86. The largest absolute Gasteiger partial charge is 0.352 e. The monoisotopic (exact) mass is 270 g/mol. The topological polar surface area (TPSA) is 76.7 Å². The zero-order valence-corrected chi connectivity index (χ0v) is 10.1. The van der Waals surface area contributed by atoms with Gasteiger partial charge in [-0.1, -0.05) is 17.7 Å². The van der Waals surface area contributed by atoms with Gasteiger partial charge < -0.3 is 14.8 Å². The molecule has 1 unspecified atom stereocenters. The molecule has 0 spiro atoms. The van der Waals surface area contributed by atoms with Gasteiger partial charge >= 0.3 is 6.03 Å². The van der Waals surface area contributed by atoms with Crippen molar-refractivity contribution < 1.29 is 19.1 Å². The maximum absolute atomic E-state index is 11.5. The van der Waals surface area contributed by atoms with E-state index >= 15 is 0 Å². The lowest BCUT2D eigenvalue weighted by atomic mass is 10.3. The van der Waals surface area contributed by atoms with E-state index in [4.69, 9.17) is 21.1 Å². The van der Waals surface area contributed by atoms with E-state index in [1.165, 1.54) is 0 Å². The zero-order valence-electron chi connectivity index (χ0n) is 9.31. The van der Waals surface area contributed by atoms with Crippen LogP contribution < -0.4 is 10.6 Å². The summed E-state index contributed by atoms with van der Waals surface area (Å²) in [5.74, 6) is -0.535. The van der Waals surface area contributed by atoms with Crippen molar-refractivity contribution in [3.05, 3.63) is 29.3 Å². The van der Waals surface area contributed by atoms with Crippen LogP contribution in [-0.4, -0.2) is 31.4 Å². The van der Waals surface area contributed by atoms with Crippen LogP contribution in [0.1, 0.15) is 0 Å². The molecule has 6 nitrogen and oxygen atoms in total. The van der Waals surface area contributed by atoms with E-state index in [-0.39, 0.29) is 13.4 Å². The summed E-state index contributed by atoms with van der Waals surface area (Å²) >= 11 is 5.76. The fourth-order valence-electron chi connectivity index (χ4n) is 1.41. The number of imide groups is 1. The first-order chi connectivity index (χ1) is 8.65. The molecule has 2 N–H and O–H groups in total. The minimum Gasteiger partial charge on any atom is -0.352 e. The van der Waals surface area contributed by atoms with Crippen molar-refractivity contribution in [2.24, 2.45) is 0 Å². The number of nitrogens with one attached hydrogen (secondary N) is 2. The Hall–Kier alpha value is -1.63. The highest BCUT2D eigenvalue weighted by atomic mass is 35.5. The summed E-state index contributed by atoms with van der Waals surface area (Å²) < 4.78 is 9.81. The van der Waals surface area contributed by atoms with Gasteiger partial charge in [0.25, 0.3) is 5.91 Å². The molecule has 2 rings (SSSR count). The molecule has 1 atom stereocenters. The second-order valence-corrected chi connectivity index (χ2v) is 4.03. The molecule has 1 saturated heterocycles. The third kappa shape index (κ3) is 3.43. The summed E-state index contributed by atoms with van der Waals surface area (Å²) in [5.41, 5.74) is 0.497. The number of carbonyl (C=O) groups is 2. The molecule has 1 aliphatic rings. The number of carbonyl (C=O) groups excluding carboxylic acids is 2. The Morgan fingerprint density at radius 3 is 2.89 bits per heavy atom. The highest BCUT2D eigenvalue weighted by Crippen LogP contribution is 2.14. The van der Waals surface area contributed by atoms with Crippen LogP contribution in [0.2, 0.25) is 5.02 Å². The molecular weight excluding hydrogens is 260 g/mol. The average molecular weight is 271 g/mol. The van der Waals surface area contributed by atoms with Crippen molar-refractivity contribution in [3.8, 4) is 0 Å². The number of hydrogen-bond donors (Lipinski definition) is 2. The Labute approximate surface area is 108 Å². The van der Waals surface area contributed by atoms with Crippen LogP contribution >= 0.6 is 11.6 Å². The lowest BCUT2D eigenvalue weighted by Crippen LogP contribution is -2.41. The van der Waals surface area contributed by atoms with E-state index in [0.29, 0.717) is 10.7 Å². The number of urea groups is 1. The Bertz CT molecular complexity index is 460. The first kappa shape index (κ1) is 12.8. The maximum atomic E-state index is 11.5. The molecule has 0 aromatic heterocycles. The number of amides is 3. The Morgan fingerprint density at radius 2 is 2.22 bits per heavy atom. The van der Waals surface area contributed by atoms with E-state index in [0.717, 1.165) is 0 Å². The number of anilines is 1. The van der Waals surface area contributed by atoms with Gasteiger partial charge in [-0.3, -0.25) is 10.1 Å². The third-order valence-corrected chi connectivity index (χ3v) is 2.47. The number of ether oxygens (including phenoxy) is 2. The molecule has 1 heterocycles. The lowest BCUT2D eigenvalue weighted by molar-refractivity contribution is -0.128. The van der Waals surface area contributed by atoms with Gasteiger partial charge in [0.15, 0.2) is 6.10 Å². The van der Waals surface area contributed by atoms with Crippen LogP contribution in [0.5, 0.6) is 0 Å². The molecule has 1 aromatic rings. The minimum atomic E-state index is -0.741. The third-order valence-electron chi connectivity index (χ3n) is 2.23. The highest BCUT2D eigenvalue weighted by molar-refractivity contribution is 6.30. The normalized spacial score (nSPS) is 18.4. The van der Waals surface area contributed by atoms with Gasteiger partial charge in [0.1, 0.15) is 6.79 Å². The van der Waals surface area contributed by atoms with Crippen molar-refractivity contribution >= 4 is 29.2 Å². The number of hydrogen-bond acceptors (Lipinski definition) is 4. The summed E-state index contributed by atoms with van der Waals surface area (Å²) in [4.78, 5) is 23.0. The quantitative estimate of drug-likeness (QED) is 0.851. The maximum Gasteiger partial charge on any atom is 0.325 e. The SMILES string of the molecule is O=C(NC(=O)C1COCO1)Nc1cccc(Cl)c1. The predicted molar refractivity (Wildman–Crippen MR) is 64.3 cm³/mol. The first-order valence-electron chi connectivity index (χ1n) is 5.22. The average Bonchev–Trinajstić information content (AvgIpc) is 2.81. The van der Waals surface area contributed by atoms with Crippen LogP contribution in [0.3, 0.4) is 0 Å². The van der Waals surface area contributed by atoms with Gasteiger partial charge in [-0.15, -0.1) is 0 Å². The molecule has 7 heteroatoms. The van der Waals surface area contributed by atoms with Crippen LogP contribution in [0.4, 0.5) is 10.5 Å². The van der Waals surface area contributed by atoms with Gasteiger partial charge in [-0.2, -0.15) is 0 Å². The number of rotatable bonds is 2. The molecule has 3 amide bonds. The molecule has 0 aliphatic carbocycles.